The minimum absolute atomic E-state index is 0.604. The number of fused-ring (bicyclic) bond motifs is 1. The van der Waals surface area contributed by atoms with Gasteiger partial charge in [0, 0.05) is 6.54 Å². The molecular weight excluding hydrogens is 240 g/mol. The van der Waals surface area contributed by atoms with Crippen LogP contribution in [-0.2, 0) is 0 Å². The second kappa shape index (κ2) is 5.47. The van der Waals surface area contributed by atoms with Gasteiger partial charge in [0.1, 0.15) is 0 Å². The third-order valence-electron chi connectivity index (χ3n) is 4.03. The summed E-state index contributed by atoms with van der Waals surface area (Å²) in [6, 6.07) is 3.78. The number of nitrogens with two attached hydrogens (primary N) is 1. The van der Waals surface area contributed by atoms with Gasteiger partial charge in [-0.15, -0.1) is 0 Å². The molecule has 0 unspecified atom stereocenters. The van der Waals surface area contributed by atoms with Gasteiger partial charge in [0.05, 0.1) is 11.4 Å². The second-order valence-corrected chi connectivity index (χ2v) is 5.38. The summed E-state index contributed by atoms with van der Waals surface area (Å²) in [6.07, 6.45) is 8.19. The minimum Gasteiger partial charge on any atom is -0.397 e. The van der Waals surface area contributed by atoms with E-state index in [0.29, 0.717) is 11.2 Å². The first-order chi connectivity index (χ1) is 9.34. The van der Waals surface area contributed by atoms with Gasteiger partial charge in [0.2, 0.25) is 0 Å². The third-order valence-corrected chi connectivity index (χ3v) is 4.03. The molecule has 1 fully saturated rings. The first kappa shape index (κ1) is 12.3. The molecule has 0 amide bonds. The van der Waals surface area contributed by atoms with Crippen LogP contribution in [0.25, 0.3) is 11.0 Å². The van der Waals surface area contributed by atoms with Crippen molar-refractivity contribution in [2.24, 2.45) is 5.92 Å². The van der Waals surface area contributed by atoms with Crippen molar-refractivity contribution in [2.75, 3.05) is 17.6 Å². The van der Waals surface area contributed by atoms with Crippen LogP contribution in [0, 0.1) is 5.92 Å². The molecule has 1 aliphatic rings. The molecule has 102 valence electrons. The summed E-state index contributed by atoms with van der Waals surface area (Å²) in [7, 11) is 0. The molecule has 0 spiro atoms. The molecule has 0 aliphatic heterocycles. The zero-order valence-electron chi connectivity index (χ0n) is 11.1. The van der Waals surface area contributed by atoms with E-state index < -0.39 is 0 Å². The van der Waals surface area contributed by atoms with Crippen molar-refractivity contribution in [1.82, 2.24) is 10.3 Å². The lowest BCUT2D eigenvalue weighted by Crippen LogP contribution is -2.05. The number of nitrogens with zero attached hydrogens (tertiary/aromatic N) is 2. The van der Waals surface area contributed by atoms with Gasteiger partial charge in [0.15, 0.2) is 11.0 Å². The molecule has 0 atom stereocenters. The molecule has 0 bridgehead atoms. The van der Waals surface area contributed by atoms with E-state index in [1.165, 1.54) is 38.5 Å². The van der Waals surface area contributed by atoms with Gasteiger partial charge in [-0.05, 0) is 41.2 Å². The van der Waals surface area contributed by atoms with Crippen molar-refractivity contribution in [3.63, 3.8) is 0 Å². The Morgan fingerprint density at radius 3 is 2.84 bits per heavy atom. The van der Waals surface area contributed by atoms with Crippen LogP contribution in [0.4, 0.5) is 11.4 Å². The molecule has 0 radical (unpaired) electrons. The van der Waals surface area contributed by atoms with Crippen molar-refractivity contribution < 1.29 is 4.63 Å². The number of nitrogens with one attached hydrogen (secondary N) is 1. The Balaban J connectivity index is 1.56. The Kier molecular flexibility index (Phi) is 3.53. The van der Waals surface area contributed by atoms with Gasteiger partial charge in [-0.25, -0.2) is 4.63 Å². The third kappa shape index (κ3) is 2.64. The number of nitrogen functional groups attached to an aromatic ring is 1. The Labute approximate surface area is 112 Å². The minimum atomic E-state index is 0.604. The highest BCUT2D eigenvalue weighted by atomic mass is 16.6. The summed E-state index contributed by atoms with van der Waals surface area (Å²) in [6.45, 7) is 0.961. The molecule has 5 nitrogen and oxygen atoms in total. The summed E-state index contributed by atoms with van der Waals surface area (Å²) in [5.41, 5.74) is 8.74. The molecule has 1 aliphatic carbocycles. The van der Waals surface area contributed by atoms with Crippen molar-refractivity contribution in [3.05, 3.63) is 12.1 Å². The van der Waals surface area contributed by atoms with E-state index in [-0.39, 0.29) is 0 Å². The zero-order chi connectivity index (χ0) is 13.1. The predicted molar refractivity (Wildman–Crippen MR) is 75.9 cm³/mol. The first-order valence-corrected chi connectivity index (χ1v) is 7.09. The molecule has 5 heteroatoms. The maximum atomic E-state index is 5.82. The van der Waals surface area contributed by atoms with Gasteiger partial charge >= 0.3 is 0 Å². The summed E-state index contributed by atoms with van der Waals surface area (Å²) in [5, 5.41) is 11.1. The van der Waals surface area contributed by atoms with Crippen LogP contribution in [0.5, 0.6) is 0 Å². The van der Waals surface area contributed by atoms with Gasteiger partial charge in [0.25, 0.3) is 0 Å². The van der Waals surface area contributed by atoms with Crippen molar-refractivity contribution in [2.45, 2.75) is 38.5 Å². The number of rotatable bonds is 5. The summed E-state index contributed by atoms with van der Waals surface area (Å²) in [5.74, 6) is 0.946. The first-order valence-electron chi connectivity index (χ1n) is 7.09. The fourth-order valence-corrected chi connectivity index (χ4v) is 2.94. The molecule has 19 heavy (non-hydrogen) atoms. The fourth-order valence-electron chi connectivity index (χ4n) is 2.94. The van der Waals surface area contributed by atoms with E-state index >= 15 is 0 Å². The Morgan fingerprint density at radius 2 is 2.00 bits per heavy atom. The van der Waals surface area contributed by atoms with Gasteiger partial charge in [-0.2, -0.15) is 0 Å². The normalized spacial score (nSPS) is 16.2. The van der Waals surface area contributed by atoms with Crippen LogP contribution >= 0.6 is 0 Å². The number of benzene rings is 1. The average Bonchev–Trinajstić information content (AvgIpc) is 3.08. The van der Waals surface area contributed by atoms with Gasteiger partial charge in [-0.1, -0.05) is 25.7 Å². The Bertz CT molecular complexity index is 545. The second-order valence-electron chi connectivity index (χ2n) is 5.38. The number of hydrogen-bond donors (Lipinski definition) is 2. The lowest BCUT2D eigenvalue weighted by Gasteiger charge is -2.10. The predicted octanol–water partition coefficient (Wildman–Crippen LogP) is 3.19. The molecule has 3 N–H and O–H groups in total. The Hall–Kier alpha value is -1.78. The standard InChI is InChI=1S/C14H20N4O/c15-11-7-8-12(14-13(11)17-19-18-14)16-9-3-6-10-4-1-2-5-10/h7-8,10,16H,1-6,9,15H2. The fraction of sp³-hybridized carbons (Fsp3) is 0.571. The van der Waals surface area contributed by atoms with Gasteiger partial charge in [-0.3, -0.25) is 0 Å². The van der Waals surface area contributed by atoms with Crippen molar-refractivity contribution in [1.29, 1.82) is 0 Å². The molecule has 2 aromatic rings. The molecule has 1 saturated carbocycles. The average molecular weight is 260 g/mol. The van der Waals surface area contributed by atoms with E-state index in [1.54, 1.807) is 0 Å². The number of hydrogen-bond acceptors (Lipinski definition) is 5. The van der Waals surface area contributed by atoms with Gasteiger partial charge < -0.3 is 11.1 Å². The summed E-state index contributed by atoms with van der Waals surface area (Å²) in [4.78, 5) is 0. The maximum Gasteiger partial charge on any atom is 0.160 e. The van der Waals surface area contributed by atoms with Crippen LogP contribution in [0.15, 0.2) is 16.8 Å². The zero-order valence-corrected chi connectivity index (χ0v) is 11.1. The summed E-state index contributed by atoms with van der Waals surface area (Å²) >= 11 is 0. The lowest BCUT2D eigenvalue weighted by atomic mass is 10.0. The van der Waals surface area contributed by atoms with E-state index in [4.69, 9.17) is 10.4 Å². The molecule has 1 aromatic heterocycles. The van der Waals surface area contributed by atoms with Crippen LogP contribution in [0.2, 0.25) is 0 Å². The highest BCUT2D eigenvalue weighted by Crippen LogP contribution is 2.29. The maximum absolute atomic E-state index is 5.82. The lowest BCUT2D eigenvalue weighted by molar-refractivity contribution is 0.315. The number of anilines is 2. The topological polar surface area (TPSA) is 77.0 Å². The quantitative estimate of drug-likeness (QED) is 0.637. The van der Waals surface area contributed by atoms with E-state index in [1.807, 2.05) is 12.1 Å². The van der Waals surface area contributed by atoms with Crippen LogP contribution in [0.1, 0.15) is 38.5 Å². The highest BCUT2D eigenvalue weighted by molar-refractivity contribution is 5.94. The van der Waals surface area contributed by atoms with E-state index in [2.05, 4.69) is 15.6 Å². The molecule has 0 saturated heterocycles. The monoisotopic (exact) mass is 260 g/mol. The van der Waals surface area contributed by atoms with Crippen LogP contribution < -0.4 is 11.1 Å². The molecule has 1 aromatic carbocycles. The SMILES string of the molecule is Nc1ccc(NCCCC2CCCC2)c2nonc12. The molecule has 1 heterocycles. The molecular formula is C14H20N4O. The molecule has 3 rings (SSSR count). The number of aromatic nitrogens is 2. The van der Waals surface area contributed by atoms with Crippen LogP contribution in [0.3, 0.4) is 0 Å². The van der Waals surface area contributed by atoms with Crippen molar-refractivity contribution in [3.8, 4) is 0 Å². The van der Waals surface area contributed by atoms with E-state index in [9.17, 15) is 0 Å². The van der Waals surface area contributed by atoms with Crippen molar-refractivity contribution >= 4 is 22.4 Å². The highest BCUT2D eigenvalue weighted by Gasteiger charge is 2.14. The van der Waals surface area contributed by atoms with E-state index in [0.717, 1.165) is 23.7 Å². The largest absolute Gasteiger partial charge is 0.397 e. The smallest absolute Gasteiger partial charge is 0.160 e. The van der Waals surface area contributed by atoms with Crippen LogP contribution in [-0.4, -0.2) is 16.9 Å². The Morgan fingerprint density at radius 1 is 1.21 bits per heavy atom. The summed E-state index contributed by atoms with van der Waals surface area (Å²) < 4.78 is 4.75.